The number of ether oxygens (including phenoxy) is 1. The zero-order chi connectivity index (χ0) is 21.2. The van der Waals surface area contributed by atoms with Crippen molar-refractivity contribution < 1.29 is 14.3 Å². The van der Waals surface area contributed by atoms with Crippen LogP contribution in [0.15, 0.2) is 48.5 Å². The van der Waals surface area contributed by atoms with Crippen molar-refractivity contribution in [2.45, 2.75) is 25.8 Å². The maximum atomic E-state index is 12.8. The van der Waals surface area contributed by atoms with E-state index in [0.717, 1.165) is 43.6 Å². The zero-order valence-corrected chi connectivity index (χ0v) is 17.4. The minimum Gasteiger partial charge on any atom is -0.385 e. The Morgan fingerprint density at radius 1 is 1.03 bits per heavy atom. The summed E-state index contributed by atoms with van der Waals surface area (Å²) in [6, 6.07) is 14.9. The maximum absolute atomic E-state index is 12.8. The van der Waals surface area contributed by atoms with Crippen molar-refractivity contribution in [2.24, 2.45) is 0 Å². The topological polar surface area (TPSA) is 82.7 Å². The lowest BCUT2D eigenvalue weighted by Gasteiger charge is -2.22. The van der Waals surface area contributed by atoms with E-state index in [0.29, 0.717) is 30.9 Å². The molecule has 2 aromatic carbocycles. The van der Waals surface area contributed by atoms with E-state index in [2.05, 4.69) is 20.9 Å². The van der Waals surface area contributed by atoms with E-state index in [9.17, 15) is 9.59 Å². The predicted molar refractivity (Wildman–Crippen MR) is 119 cm³/mol. The largest absolute Gasteiger partial charge is 0.385 e. The summed E-state index contributed by atoms with van der Waals surface area (Å²) < 4.78 is 5.04. The van der Waals surface area contributed by atoms with Gasteiger partial charge in [0.1, 0.15) is 0 Å². The molecule has 3 rings (SSSR count). The minimum absolute atomic E-state index is 0.138. The highest BCUT2D eigenvalue weighted by molar-refractivity contribution is 6.02. The molecule has 160 valence electrons. The Hall–Kier alpha value is -3.06. The number of methoxy groups -OCH3 is 1. The van der Waals surface area contributed by atoms with Gasteiger partial charge in [-0.3, -0.25) is 4.79 Å². The van der Waals surface area contributed by atoms with Gasteiger partial charge >= 0.3 is 6.03 Å². The lowest BCUT2D eigenvalue weighted by atomic mass is 10.1. The monoisotopic (exact) mass is 410 g/mol. The molecule has 0 unspecified atom stereocenters. The highest BCUT2D eigenvalue weighted by atomic mass is 16.5. The Morgan fingerprint density at radius 3 is 2.53 bits per heavy atom. The Morgan fingerprint density at radius 2 is 1.80 bits per heavy atom. The molecule has 0 bridgehead atoms. The van der Waals surface area contributed by atoms with Crippen molar-refractivity contribution in [1.29, 1.82) is 0 Å². The number of nitrogens with zero attached hydrogens (tertiary/aromatic N) is 1. The summed E-state index contributed by atoms with van der Waals surface area (Å²) in [4.78, 5) is 27.4. The molecule has 30 heavy (non-hydrogen) atoms. The SMILES string of the molecule is COCCCNC(=O)c1cc(NC(=O)NCc2ccccc2)ccc1N1CCCC1. The van der Waals surface area contributed by atoms with Gasteiger partial charge in [0.25, 0.3) is 5.91 Å². The maximum Gasteiger partial charge on any atom is 0.319 e. The number of nitrogens with one attached hydrogen (secondary N) is 3. The molecule has 0 aromatic heterocycles. The van der Waals surface area contributed by atoms with Crippen LogP contribution in [0.4, 0.5) is 16.2 Å². The summed E-state index contributed by atoms with van der Waals surface area (Å²) in [5.41, 5.74) is 3.10. The van der Waals surface area contributed by atoms with Gasteiger partial charge in [-0.05, 0) is 43.0 Å². The quantitative estimate of drug-likeness (QED) is 0.554. The van der Waals surface area contributed by atoms with E-state index in [1.807, 2.05) is 42.5 Å². The number of hydrogen-bond acceptors (Lipinski definition) is 4. The van der Waals surface area contributed by atoms with Crippen molar-refractivity contribution in [3.63, 3.8) is 0 Å². The van der Waals surface area contributed by atoms with E-state index < -0.39 is 0 Å². The van der Waals surface area contributed by atoms with Crippen LogP contribution in [-0.2, 0) is 11.3 Å². The lowest BCUT2D eigenvalue weighted by molar-refractivity contribution is 0.0949. The van der Waals surface area contributed by atoms with Crippen molar-refractivity contribution in [2.75, 3.05) is 43.6 Å². The molecule has 7 heteroatoms. The molecular formula is C23H30N4O3. The molecular weight excluding hydrogens is 380 g/mol. The first-order chi connectivity index (χ1) is 14.7. The number of carbonyl (C=O) groups excluding carboxylic acids is 2. The van der Waals surface area contributed by atoms with Crippen LogP contribution in [0.5, 0.6) is 0 Å². The average Bonchev–Trinajstić information content (AvgIpc) is 3.30. The number of benzene rings is 2. The zero-order valence-electron chi connectivity index (χ0n) is 17.4. The van der Waals surface area contributed by atoms with Crippen LogP contribution in [0.25, 0.3) is 0 Å². The predicted octanol–water partition coefficient (Wildman–Crippen LogP) is 3.37. The number of anilines is 2. The van der Waals surface area contributed by atoms with Gasteiger partial charge in [-0.15, -0.1) is 0 Å². The van der Waals surface area contributed by atoms with Crippen LogP contribution in [0.1, 0.15) is 35.2 Å². The second-order valence-electron chi connectivity index (χ2n) is 7.32. The molecule has 3 N–H and O–H groups in total. The molecule has 0 saturated carbocycles. The molecule has 1 saturated heterocycles. The first-order valence-electron chi connectivity index (χ1n) is 10.4. The fourth-order valence-electron chi connectivity index (χ4n) is 3.50. The van der Waals surface area contributed by atoms with Gasteiger partial charge in [0.05, 0.1) is 5.56 Å². The number of amides is 3. The molecule has 1 fully saturated rings. The fraction of sp³-hybridized carbons (Fsp3) is 0.391. The highest BCUT2D eigenvalue weighted by Gasteiger charge is 2.20. The van der Waals surface area contributed by atoms with Gasteiger partial charge in [0.2, 0.25) is 0 Å². The summed E-state index contributed by atoms with van der Waals surface area (Å²) in [7, 11) is 1.64. The Bertz CT molecular complexity index is 836. The van der Waals surface area contributed by atoms with Crippen molar-refractivity contribution in [1.82, 2.24) is 10.6 Å². The fourth-order valence-corrected chi connectivity index (χ4v) is 3.50. The molecule has 3 amide bonds. The Kier molecular flexibility index (Phi) is 8.09. The van der Waals surface area contributed by atoms with Gasteiger partial charge in [-0.1, -0.05) is 30.3 Å². The van der Waals surface area contributed by atoms with E-state index in [1.54, 1.807) is 13.2 Å². The van der Waals surface area contributed by atoms with Crippen molar-refractivity contribution in [3.8, 4) is 0 Å². The number of hydrogen-bond donors (Lipinski definition) is 3. The number of rotatable bonds is 9. The van der Waals surface area contributed by atoms with Gasteiger partial charge in [-0.25, -0.2) is 4.79 Å². The molecule has 1 aliphatic rings. The minimum atomic E-state index is -0.306. The van der Waals surface area contributed by atoms with Gasteiger partial charge in [0.15, 0.2) is 0 Å². The van der Waals surface area contributed by atoms with E-state index >= 15 is 0 Å². The molecule has 1 heterocycles. The first kappa shape index (κ1) is 21.6. The van der Waals surface area contributed by atoms with Gasteiger partial charge in [-0.2, -0.15) is 0 Å². The second kappa shape index (κ2) is 11.2. The number of urea groups is 1. The summed E-state index contributed by atoms with van der Waals surface area (Å²) in [6.45, 7) is 3.46. The third-order valence-electron chi connectivity index (χ3n) is 5.05. The second-order valence-corrected chi connectivity index (χ2v) is 7.32. The molecule has 1 aliphatic heterocycles. The standard InChI is InChI=1S/C23H30N4O3/c1-30-15-7-12-24-22(28)20-16-19(10-11-21(20)27-13-5-6-14-27)26-23(29)25-17-18-8-3-2-4-9-18/h2-4,8-11,16H,5-7,12-15,17H2,1H3,(H,24,28)(H2,25,26,29). The smallest absolute Gasteiger partial charge is 0.319 e. The first-order valence-corrected chi connectivity index (χ1v) is 10.4. The normalized spacial score (nSPS) is 13.2. The van der Waals surface area contributed by atoms with Crippen LogP contribution in [0, 0.1) is 0 Å². The Balaban J connectivity index is 1.67. The van der Waals surface area contributed by atoms with Crippen molar-refractivity contribution >= 4 is 23.3 Å². The van der Waals surface area contributed by atoms with Gasteiger partial charge < -0.3 is 25.6 Å². The summed E-state index contributed by atoms with van der Waals surface area (Å²) in [6.07, 6.45) is 2.99. The molecule has 0 spiro atoms. The molecule has 7 nitrogen and oxygen atoms in total. The van der Waals surface area contributed by atoms with Gasteiger partial charge in [0, 0.05) is 51.3 Å². The van der Waals surface area contributed by atoms with Crippen LogP contribution in [-0.4, -0.2) is 45.3 Å². The van der Waals surface area contributed by atoms with Crippen LogP contribution >= 0.6 is 0 Å². The average molecular weight is 411 g/mol. The van der Waals surface area contributed by atoms with E-state index in [4.69, 9.17) is 4.74 Å². The summed E-state index contributed by atoms with van der Waals surface area (Å²) in [5, 5.41) is 8.62. The van der Waals surface area contributed by atoms with Crippen LogP contribution in [0.2, 0.25) is 0 Å². The third kappa shape index (κ3) is 6.22. The highest BCUT2D eigenvalue weighted by Crippen LogP contribution is 2.27. The van der Waals surface area contributed by atoms with E-state index in [-0.39, 0.29) is 11.9 Å². The molecule has 0 radical (unpaired) electrons. The lowest BCUT2D eigenvalue weighted by Crippen LogP contribution is -2.30. The van der Waals surface area contributed by atoms with E-state index in [1.165, 1.54) is 0 Å². The molecule has 0 atom stereocenters. The third-order valence-corrected chi connectivity index (χ3v) is 5.05. The van der Waals surface area contributed by atoms with Crippen LogP contribution in [0.3, 0.4) is 0 Å². The summed E-state index contributed by atoms with van der Waals surface area (Å²) in [5.74, 6) is -0.138. The summed E-state index contributed by atoms with van der Waals surface area (Å²) >= 11 is 0. The number of carbonyl (C=O) groups is 2. The molecule has 0 aliphatic carbocycles. The van der Waals surface area contributed by atoms with Crippen LogP contribution < -0.4 is 20.9 Å². The van der Waals surface area contributed by atoms with Crippen molar-refractivity contribution in [3.05, 3.63) is 59.7 Å². The molecule has 2 aromatic rings. The Labute approximate surface area is 177 Å².